The molecule has 0 atom stereocenters. The highest BCUT2D eigenvalue weighted by Gasteiger charge is 2.32. The van der Waals surface area contributed by atoms with Gasteiger partial charge in [0, 0.05) is 11.1 Å². The van der Waals surface area contributed by atoms with Gasteiger partial charge in [0.15, 0.2) is 0 Å². The molecule has 20 heavy (non-hydrogen) atoms. The number of thiazole rings is 1. The first-order chi connectivity index (χ1) is 9.63. The lowest BCUT2D eigenvalue weighted by atomic mass is 9.82. The minimum Gasteiger partial charge on any atom is -0.394 e. The van der Waals surface area contributed by atoms with Crippen LogP contribution < -0.4 is 5.32 Å². The summed E-state index contributed by atoms with van der Waals surface area (Å²) in [6, 6.07) is 0. The minimum absolute atomic E-state index is 0.0258. The Bertz CT molecular complexity index is 442. The number of aromatic nitrogens is 1. The molecule has 1 aromatic rings. The van der Waals surface area contributed by atoms with Crippen molar-refractivity contribution < 1.29 is 9.90 Å². The molecule has 0 saturated heterocycles. The molecule has 1 fully saturated rings. The van der Waals surface area contributed by atoms with E-state index >= 15 is 0 Å². The molecule has 0 spiro atoms. The van der Waals surface area contributed by atoms with Gasteiger partial charge in [-0.1, -0.05) is 19.3 Å². The van der Waals surface area contributed by atoms with Crippen LogP contribution in [0.1, 0.15) is 42.8 Å². The molecule has 2 N–H and O–H groups in total. The van der Waals surface area contributed by atoms with Crippen molar-refractivity contribution in [3.05, 3.63) is 16.1 Å². The van der Waals surface area contributed by atoms with Crippen LogP contribution in [0.5, 0.6) is 0 Å². The second-order valence-corrected chi connectivity index (χ2v) is 7.45. The van der Waals surface area contributed by atoms with E-state index in [4.69, 9.17) is 0 Å². The van der Waals surface area contributed by atoms with Gasteiger partial charge in [-0.25, -0.2) is 4.98 Å². The Kier molecular flexibility index (Phi) is 5.86. The Balaban J connectivity index is 1.74. The molecule has 2 rings (SSSR count). The SMILES string of the molecule is Cc1nc(CSCC(=O)NC2(CO)CCCCC2)cs1. The molecule has 0 radical (unpaired) electrons. The smallest absolute Gasteiger partial charge is 0.230 e. The number of aliphatic hydroxyl groups is 1. The Labute approximate surface area is 128 Å². The Morgan fingerprint density at radius 2 is 2.25 bits per heavy atom. The van der Waals surface area contributed by atoms with Crippen LogP contribution in [0.2, 0.25) is 0 Å². The van der Waals surface area contributed by atoms with E-state index in [1.807, 2.05) is 12.3 Å². The van der Waals surface area contributed by atoms with Crippen molar-refractivity contribution in [1.29, 1.82) is 0 Å². The number of rotatable bonds is 6. The van der Waals surface area contributed by atoms with Crippen molar-refractivity contribution in [3.63, 3.8) is 0 Å². The molecule has 0 bridgehead atoms. The monoisotopic (exact) mass is 314 g/mol. The van der Waals surface area contributed by atoms with Gasteiger partial charge in [0.2, 0.25) is 5.91 Å². The Hall–Kier alpha value is -0.590. The van der Waals surface area contributed by atoms with Crippen LogP contribution in [0.15, 0.2) is 5.38 Å². The third-order valence-electron chi connectivity index (χ3n) is 3.67. The highest BCUT2D eigenvalue weighted by atomic mass is 32.2. The van der Waals surface area contributed by atoms with E-state index in [9.17, 15) is 9.90 Å². The largest absolute Gasteiger partial charge is 0.394 e. The van der Waals surface area contributed by atoms with Crippen LogP contribution in [-0.4, -0.2) is 33.9 Å². The number of hydrogen-bond acceptors (Lipinski definition) is 5. The summed E-state index contributed by atoms with van der Waals surface area (Å²) in [5, 5.41) is 15.7. The van der Waals surface area contributed by atoms with Crippen LogP contribution in [0, 0.1) is 6.92 Å². The molecule has 1 saturated carbocycles. The number of aliphatic hydroxyl groups excluding tert-OH is 1. The normalized spacial score (nSPS) is 17.9. The average Bonchev–Trinajstić information content (AvgIpc) is 2.85. The first kappa shape index (κ1) is 15.8. The number of nitrogens with zero attached hydrogens (tertiary/aromatic N) is 1. The number of nitrogens with one attached hydrogen (secondary N) is 1. The molecule has 1 amide bonds. The van der Waals surface area contributed by atoms with Crippen LogP contribution >= 0.6 is 23.1 Å². The number of aryl methyl sites for hydroxylation is 1. The molecular weight excluding hydrogens is 292 g/mol. The van der Waals surface area contributed by atoms with Crippen LogP contribution in [-0.2, 0) is 10.5 Å². The summed E-state index contributed by atoms with van der Waals surface area (Å²) >= 11 is 3.21. The summed E-state index contributed by atoms with van der Waals surface area (Å²) in [6.07, 6.45) is 5.17. The lowest BCUT2D eigenvalue weighted by molar-refractivity contribution is -0.121. The van der Waals surface area contributed by atoms with E-state index in [0.717, 1.165) is 42.1 Å². The second kappa shape index (κ2) is 7.43. The third kappa shape index (κ3) is 4.46. The number of hydrogen-bond donors (Lipinski definition) is 2. The van der Waals surface area contributed by atoms with Crippen LogP contribution in [0.3, 0.4) is 0 Å². The van der Waals surface area contributed by atoms with Crippen molar-refractivity contribution in [3.8, 4) is 0 Å². The first-order valence-corrected chi connectivity index (χ1v) is 9.08. The minimum atomic E-state index is -0.368. The van der Waals surface area contributed by atoms with Crippen molar-refractivity contribution in [2.45, 2.75) is 50.3 Å². The summed E-state index contributed by atoms with van der Waals surface area (Å²) in [6.45, 7) is 2.04. The molecule has 6 heteroatoms. The van der Waals surface area contributed by atoms with E-state index in [0.29, 0.717) is 5.75 Å². The third-order valence-corrected chi connectivity index (χ3v) is 5.46. The van der Waals surface area contributed by atoms with Gasteiger partial charge in [-0.05, 0) is 19.8 Å². The predicted octanol–water partition coefficient (Wildman–Crippen LogP) is 2.50. The fraction of sp³-hybridized carbons (Fsp3) is 0.714. The van der Waals surface area contributed by atoms with E-state index in [2.05, 4.69) is 10.3 Å². The molecule has 1 aliphatic carbocycles. The zero-order valence-electron chi connectivity index (χ0n) is 11.9. The lowest BCUT2D eigenvalue weighted by Gasteiger charge is -2.36. The van der Waals surface area contributed by atoms with Gasteiger partial charge in [-0.2, -0.15) is 0 Å². The zero-order valence-corrected chi connectivity index (χ0v) is 13.5. The van der Waals surface area contributed by atoms with Crippen LogP contribution in [0.25, 0.3) is 0 Å². The number of amides is 1. The molecule has 1 aliphatic rings. The van der Waals surface area contributed by atoms with Gasteiger partial charge in [0.05, 0.1) is 28.6 Å². The predicted molar refractivity (Wildman–Crippen MR) is 84.1 cm³/mol. The quantitative estimate of drug-likeness (QED) is 0.847. The molecular formula is C14H22N2O2S2. The Morgan fingerprint density at radius 1 is 1.50 bits per heavy atom. The number of carbonyl (C=O) groups excluding carboxylic acids is 1. The average molecular weight is 314 g/mol. The fourth-order valence-electron chi connectivity index (χ4n) is 2.61. The molecule has 0 unspecified atom stereocenters. The Morgan fingerprint density at radius 3 is 2.85 bits per heavy atom. The van der Waals surface area contributed by atoms with Crippen molar-refractivity contribution in [2.24, 2.45) is 0 Å². The van der Waals surface area contributed by atoms with Crippen molar-refractivity contribution >= 4 is 29.0 Å². The summed E-state index contributed by atoms with van der Waals surface area (Å²) in [4.78, 5) is 16.4. The van der Waals surface area contributed by atoms with E-state index in [1.165, 1.54) is 6.42 Å². The molecule has 1 heterocycles. The summed E-state index contributed by atoms with van der Waals surface area (Å²) in [5.41, 5.74) is 0.674. The summed E-state index contributed by atoms with van der Waals surface area (Å²) in [7, 11) is 0. The van der Waals surface area contributed by atoms with Gasteiger partial charge < -0.3 is 10.4 Å². The van der Waals surface area contributed by atoms with E-state index < -0.39 is 0 Å². The summed E-state index contributed by atoms with van der Waals surface area (Å²) in [5.74, 6) is 1.22. The van der Waals surface area contributed by atoms with Crippen molar-refractivity contribution in [2.75, 3.05) is 12.4 Å². The maximum atomic E-state index is 12.0. The zero-order chi connectivity index (χ0) is 14.4. The number of thioether (sulfide) groups is 1. The van der Waals surface area contributed by atoms with Gasteiger partial charge >= 0.3 is 0 Å². The first-order valence-electron chi connectivity index (χ1n) is 7.04. The van der Waals surface area contributed by atoms with Gasteiger partial charge in [-0.15, -0.1) is 23.1 Å². The highest BCUT2D eigenvalue weighted by molar-refractivity contribution is 7.99. The van der Waals surface area contributed by atoms with Crippen molar-refractivity contribution in [1.82, 2.24) is 10.3 Å². The van der Waals surface area contributed by atoms with Crippen LogP contribution in [0.4, 0.5) is 0 Å². The van der Waals surface area contributed by atoms with E-state index in [-0.39, 0.29) is 18.1 Å². The topological polar surface area (TPSA) is 62.2 Å². The van der Waals surface area contributed by atoms with E-state index in [1.54, 1.807) is 23.1 Å². The molecule has 4 nitrogen and oxygen atoms in total. The maximum absolute atomic E-state index is 12.0. The standard InChI is InChI=1S/C14H22N2O2S2/c1-11-15-12(8-20-11)7-19-9-13(18)16-14(10-17)5-3-2-4-6-14/h8,17H,2-7,9-10H2,1H3,(H,16,18). The molecule has 0 aliphatic heterocycles. The molecule has 112 valence electrons. The van der Waals surface area contributed by atoms with Gasteiger partial charge in [0.25, 0.3) is 0 Å². The number of carbonyl (C=O) groups is 1. The molecule has 0 aromatic carbocycles. The van der Waals surface area contributed by atoms with Gasteiger partial charge in [0.1, 0.15) is 0 Å². The fourth-order valence-corrected chi connectivity index (χ4v) is 4.04. The second-order valence-electron chi connectivity index (χ2n) is 5.40. The molecule has 1 aromatic heterocycles. The highest BCUT2D eigenvalue weighted by Crippen LogP contribution is 2.28. The summed E-state index contributed by atoms with van der Waals surface area (Å²) < 4.78 is 0. The van der Waals surface area contributed by atoms with Gasteiger partial charge in [-0.3, -0.25) is 4.79 Å². The maximum Gasteiger partial charge on any atom is 0.230 e. The lowest BCUT2D eigenvalue weighted by Crippen LogP contribution is -2.53.